The van der Waals surface area contributed by atoms with E-state index in [2.05, 4.69) is 20.4 Å². The van der Waals surface area contributed by atoms with Gasteiger partial charge in [0.25, 0.3) is 0 Å². The molecule has 1 N–H and O–H groups in total. The standard InChI is InChI=1S/C15H18N4OS2/c21-15(16-11-3-4-11)19-7-5-10(6-8-19)14-17-13(18-20-14)12-2-1-9-22-12/h1-2,9-11H,3-8H2,(H,16,21). The van der Waals surface area contributed by atoms with Crippen molar-refractivity contribution in [3.05, 3.63) is 23.4 Å². The Hall–Kier alpha value is -1.47. The number of piperidine rings is 1. The Balaban J connectivity index is 1.36. The molecule has 0 amide bonds. The van der Waals surface area contributed by atoms with E-state index in [0.29, 0.717) is 17.8 Å². The molecular weight excluding hydrogens is 316 g/mol. The zero-order valence-corrected chi connectivity index (χ0v) is 13.8. The van der Waals surface area contributed by atoms with Gasteiger partial charge in [0.15, 0.2) is 5.11 Å². The van der Waals surface area contributed by atoms with E-state index in [4.69, 9.17) is 16.7 Å². The summed E-state index contributed by atoms with van der Waals surface area (Å²) in [6.07, 6.45) is 4.53. The Morgan fingerprint density at radius 1 is 1.32 bits per heavy atom. The highest BCUT2D eigenvalue weighted by atomic mass is 32.1. The van der Waals surface area contributed by atoms with E-state index in [1.54, 1.807) is 11.3 Å². The number of thiophene rings is 1. The monoisotopic (exact) mass is 334 g/mol. The van der Waals surface area contributed by atoms with Crippen LogP contribution in [0.5, 0.6) is 0 Å². The summed E-state index contributed by atoms with van der Waals surface area (Å²) in [4.78, 5) is 7.89. The summed E-state index contributed by atoms with van der Waals surface area (Å²) >= 11 is 7.10. The van der Waals surface area contributed by atoms with Crippen LogP contribution in [0, 0.1) is 0 Å². The lowest BCUT2D eigenvalue weighted by Crippen LogP contribution is -2.44. The van der Waals surface area contributed by atoms with Crippen molar-refractivity contribution in [1.29, 1.82) is 0 Å². The predicted octanol–water partition coefficient (Wildman–Crippen LogP) is 3.01. The molecule has 5 nitrogen and oxygen atoms in total. The Kier molecular flexibility index (Phi) is 3.83. The first kappa shape index (κ1) is 14.1. The van der Waals surface area contributed by atoms with Crippen LogP contribution in [0.1, 0.15) is 37.5 Å². The fourth-order valence-electron chi connectivity index (χ4n) is 2.73. The van der Waals surface area contributed by atoms with Gasteiger partial charge in [-0.1, -0.05) is 11.2 Å². The number of nitrogens with zero attached hydrogens (tertiary/aromatic N) is 3. The molecule has 1 saturated heterocycles. The SMILES string of the molecule is S=C(NC1CC1)N1CCC(c2nc(-c3cccs3)no2)CC1. The normalized spacial score (nSPS) is 19.4. The maximum atomic E-state index is 5.48. The van der Waals surface area contributed by atoms with Crippen molar-refractivity contribution in [2.45, 2.75) is 37.6 Å². The van der Waals surface area contributed by atoms with Gasteiger partial charge in [-0.25, -0.2) is 0 Å². The van der Waals surface area contributed by atoms with Crippen molar-refractivity contribution >= 4 is 28.7 Å². The molecule has 1 saturated carbocycles. The maximum absolute atomic E-state index is 5.48. The van der Waals surface area contributed by atoms with Crippen molar-refractivity contribution in [1.82, 2.24) is 20.4 Å². The molecule has 22 heavy (non-hydrogen) atoms. The van der Waals surface area contributed by atoms with E-state index in [1.807, 2.05) is 17.5 Å². The van der Waals surface area contributed by atoms with Gasteiger partial charge in [0, 0.05) is 25.0 Å². The molecule has 0 spiro atoms. The van der Waals surface area contributed by atoms with Crippen LogP contribution in [0.2, 0.25) is 0 Å². The highest BCUT2D eigenvalue weighted by molar-refractivity contribution is 7.80. The lowest BCUT2D eigenvalue weighted by Gasteiger charge is -2.32. The summed E-state index contributed by atoms with van der Waals surface area (Å²) in [5.41, 5.74) is 0. The molecule has 0 bridgehead atoms. The van der Waals surface area contributed by atoms with Crippen LogP contribution in [-0.4, -0.2) is 39.3 Å². The van der Waals surface area contributed by atoms with Gasteiger partial charge in [0.05, 0.1) is 4.88 Å². The van der Waals surface area contributed by atoms with Gasteiger partial charge in [-0.15, -0.1) is 11.3 Å². The van der Waals surface area contributed by atoms with Gasteiger partial charge in [0.1, 0.15) is 0 Å². The van der Waals surface area contributed by atoms with E-state index in [9.17, 15) is 0 Å². The number of likely N-dealkylation sites (tertiary alicyclic amines) is 1. The smallest absolute Gasteiger partial charge is 0.230 e. The first-order chi connectivity index (χ1) is 10.8. The number of aromatic nitrogens is 2. The Morgan fingerprint density at radius 2 is 2.14 bits per heavy atom. The van der Waals surface area contributed by atoms with Crippen LogP contribution < -0.4 is 5.32 Å². The second kappa shape index (κ2) is 5.96. The van der Waals surface area contributed by atoms with Gasteiger partial charge in [-0.2, -0.15) is 4.98 Å². The second-order valence-electron chi connectivity index (χ2n) is 5.92. The average Bonchev–Trinajstić information content (AvgIpc) is 3.05. The summed E-state index contributed by atoms with van der Waals surface area (Å²) < 4.78 is 5.48. The van der Waals surface area contributed by atoms with Crippen LogP contribution in [0.3, 0.4) is 0 Å². The molecule has 0 unspecified atom stereocenters. The topological polar surface area (TPSA) is 54.2 Å². The van der Waals surface area contributed by atoms with Gasteiger partial charge >= 0.3 is 0 Å². The number of nitrogens with one attached hydrogen (secondary N) is 1. The number of rotatable bonds is 3. The molecule has 0 radical (unpaired) electrons. The molecule has 7 heteroatoms. The molecule has 1 aliphatic heterocycles. The first-order valence-electron chi connectivity index (χ1n) is 7.72. The molecule has 2 fully saturated rings. The quantitative estimate of drug-likeness (QED) is 0.871. The number of hydrogen-bond donors (Lipinski definition) is 1. The molecular formula is C15H18N4OS2. The fourth-order valence-corrected chi connectivity index (χ4v) is 3.73. The molecule has 0 atom stereocenters. The van der Waals surface area contributed by atoms with Crippen LogP contribution in [0.25, 0.3) is 10.7 Å². The summed E-state index contributed by atoms with van der Waals surface area (Å²) in [5.74, 6) is 1.82. The summed E-state index contributed by atoms with van der Waals surface area (Å²) in [5, 5.41) is 10.4. The maximum Gasteiger partial charge on any atom is 0.230 e. The van der Waals surface area contributed by atoms with Crippen molar-refractivity contribution in [3.63, 3.8) is 0 Å². The van der Waals surface area contributed by atoms with E-state index < -0.39 is 0 Å². The zero-order chi connectivity index (χ0) is 14.9. The highest BCUT2D eigenvalue weighted by Crippen LogP contribution is 2.30. The van der Waals surface area contributed by atoms with Crippen molar-refractivity contribution in [2.24, 2.45) is 0 Å². The Bertz CT molecular complexity index is 642. The molecule has 4 rings (SSSR count). The summed E-state index contributed by atoms with van der Waals surface area (Å²) in [6.45, 7) is 1.92. The third-order valence-electron chi connectivity index (χ3n) is 4.22. The predicted molar refractivity (Wildman–Crippen MR) is 89.9 cm³/mol. The minimum absolute atomic E-state index is 0.348. The molecule has 2 aromatic heterocycles. The van der Waals surface area contributed by atoms with Crippen LogP contribution in [0.4, 0.5) is 0 Å². The molecule has 116 valence electrons. The zero-order valence-electron chi connectivity index (χ0n) is 12.2. The van der Waals surface area contributed by atoms with Crippen molar-refractivity contribution in [3.8, 4) is 10.7 Å². The Morgan fingerprint density at radius 3 is 2.82 bits per heavy atom. The minimum Gasteiger partial charge on any atom is -0.360 e. The average molecular weight is 334 g/mol. The third-order valence-corrected chi connectivity index (χ3v) is 5.46. The van der Waals surface area contributed by atoms with Crippen molar-refractivity contribution < 1.29 is 4.52 Å². The summed E-state index contributed by atoms with van der Waals surface area (Å²) in [7, 11) is 0. The fraction of sp³-hybridized carbons (Fsp3) is 0.533. The minimum atomic E-state index is 0.348. The number of thiocarbonyl (C=S) groups is 1. The van der Waals surface area contributed by atoms with Gasteiger partial charge in [-0.3, -0.25) is 0 Å². The van der Waals surface area contributed by atoms with E-state index in [0.717, 1.165) is 41.8 Å². The van der Waals surface area contributed by atoms with Gasteiger partial charge in [0.2, 0.25) is 11.7 Å². The second-order valence-corrected chi connectivity index (χ2v) is 7.25. The van der Waals surface area contributed by atoms with Gasteiger partial charge < -0.3 is 14.7 Å². The van der Waals surface area contributed by atoms with E-state index in [-0.39, 0.29) is 0 Å². The van der Waals surface area contributed by atoms with Crippen LogP contribution in [0.15, 0.2) is 22.0 Å². The molecule has 0 aromatic carbocycles. The first-order valence-corrected chi connectivity index (χ1v) is 9.01. The van der Waals surface area contributed by atoms with Crippen LogP contribution >= 0.6 is 23.6 Å². The lowest BCUT2D eigenvalue weighted by molar-refractivity contribution is 0.263. The third kappa shape index (κ3) is 3.01. The Labute approximate surface area is 138 Å². The summed E-state index contributed by atoms with van der Waals surface area (Å²) in [6, 6.07) is 4.64. The highest BCUT2D eigenvalue weighted by Gasteiger charge is 2.29. The number of hydrogen-bond acceptors (Lipinski definition) is 5. The van der Waals surface area contributed by atoms with Crippen LogP contribution in [-0.2, 0) is 0 Å². The lowest BCUT2D eigenvalue weighted by atomic mass is 9.97. The molecule has 2 aromatic rings. The molecule has 3 heterocycles. The molecule has 2 aliphatic rings. The van der Waals surface area contributed by atoms with Gasteiger partial charge in [-0.05, 0) is 49.3 Å². The molecule has 1 aliphatic carbocycles. The van der Waals surface area contributed by atoms with E-state index >= 15 is 0 Å². The van der Waals surface area contributed by atoms with Crippen molar-refractivity contribution in [2.75, 3.05) is 13.1 Å². The largest absolute Gasteiger partial charge is 0.360 e. The van der Waals surface area contributed by atoms with E-state index in [1.165, 1.54) is 12.8 Å².